The summed E-state index contributed by atoms with van der Waals surface area (Å²) >= 11 is 6.01. The van der Waals surface area contributed by atoms with Crippen molar-refractivity contribution in [2.45, 2.75) is 19.9 Å². The van der Waals surface area contributed by atoms with E-state index >= 15 is 0 Å². The average molecular weight is 412 g/mol. The predicted molar refractivity (Wildman–Crippen MR) is 110 cm³/mol. The standard InChI is InChI=1S/C22H19ClFN3O2/c1-3-29-22(28)19-13(2)26-21-18(14-4-8-16(23)9-5-14)12-25-27(21)20(19)15-6-10-17(24)11-7-15/h4-12,20,26H,3H2,1-2H3/t20-/m0/s1. The molecule has 0 fully saturated rings. The molecule has 0 aliphatic carbocycles. The summed E-state index contributed by atoms with van der Waals surface area (Å²) in [6, 6.07) is 13.0. The molecule has 2 aromatic carbocycles. The Bertz CT molecular complexity index is 1090. The summed E-state index contributed by atoms with van der Waals surface area (Å²) in [4.78, 5) is 12.7. The lowest BCUT2D eigenvalue weighted by Crippen LogP contribution is -2.29. The van der Waals surface area contributed by atoms with Crippen molar-refractivity contribution in [2.75, 3.05) is 11.9 Å². The van der Waals surface area contributed by atoms with Crippen molar-refractivity contribution in [3.05, 3.63) is 82.4 Å². The molecule has 0 bridgehead atoms. The highest BCUT2D eigenvalue weighted by Crippen LogP contribution is 2.40. The minimum absolute atomic E-state index is 0.258. The molecule has 5 nitrogen and oxygen atoms in total. The fourth-order valence-corrected chi connectivity index (χ4v) is 3.65. The van der Waals surface area contributed by atoms with Crippen molar-refractivity contribution in [1.29, 1.82) is 0 Å². The summed E-state index contributed by atoms with van der Waals surface area (Å²) in [5.74, 6) is -0.0307. The van der Waals surface area contributed by atoms with Crippen LogP contribution in [0.2, 0.25) is 5.02 Å². The molecule has 0 saturated carbocycles. The zero-order valence-corrected chi connectivity index (χ0v) is 16.7. The van der Waals surface area contributed by atoms with Crippen LogP contribution in [0.25, 0.3) is 11.1 Å². The van der Waals surface area contributed by atoms with E-state index in [4.69, 9.17) is 16.3 Å². The molecule has 29 heavy (non-hydrogen) atoms. The van der Waals surface area contributed by atoms with Gasteiger partial charge in [0.05, 0.1) is 18.4 Å². The van der Waals surface area contributed by atoms with Crippen LogP contribution in [0.1, 0.15) is 25.5 Å². The van der Waals surface area contributed by atoms with Gasteiger partial charge in [0.25, 0.3) is 0 Å². The molecule has 0 saturated heterocycles. The van der Waals surface area contributed by atoms with Crippen LogP contribution in [0.3, 0.4) is 0 Å². The molecule has 148 valence electrons. The molecule has 0 radical (unpaired) electrons. The number of benzene rings is 2. The summed E-state index contributed by atoms with van der Waals surface area (Å²) in [7, 11) is 0. The van der Waals surface area contributed by atoms with E-state index in [1.165, 1.54) is 12.1 Å². The van der Waals surface area contributed by atoms with Gasteiger partial charge in [-0.3, -0.25) is 0 Å². The third-order valence-electron chi connectivity index (χ3n) is 4.86. The number of fused-ring (bicyclic) bond motifs is 1. The quantitative estimate of drug-likeness (QED) is 0.600. The Hall–Kier alpha value is -3.12. The van der Waals surface area contributed by atoms with Crippen LogP contribution >= 0.6 is 11.6 Å². The van der Waals surface area contributed by atoms with Crippen molar-refractivity contribution in [3.63, 3.8) is 0 Å². The molecule has 0 spiro atoms. The third-order valence-corrected chi connectivity index (χ3v) is 5.11. The summed E-state index contributed by atoms with van der Waals surface area (Å²) in [6.07, 6.45) is 1.74. The highest BCUT2D eigenvalue weighted by Gasteiger charge is 2.35. The fraction of sp³-hybridized carbons (Fsp3) is 0.182. The van der Waals surface area contributed by atoms with Gasteiger partial charge in [-0.05, 0) is 49.2 Å². The Kier molecular flexibility index (Phi) is 5.11. The van der Waals surface area contributed by atoms with Crippen molar-refractivity contribution in [2.24, 2.45) is 0 Å². The zero-order valence-electron chi connectivity index (χ0n) is 15.9. The minimum atomic E-state index is -0.535. The maximum atomic E-state index is 13.5. The summed E-state index contributed by atoms with van der Waals surface area (Å²) in [5, 5.41) is 8.49. The second-order valence-corrected chi connectivity index (χ2v) is 7.13. The maximum absolute atomic E-state index is 13.5. The topological polar surface area (TPSA) is 56.1 Å². The first kappa shape index (κ1) is 19.2. The second-order valence-electron chi connectivity index (χ2n) is 6.70. The number of esters is 1. The average Bonchev–Trinajstić information content (AvgIpc) is 3.12. The van der Waals surface area contributed by atoms with E-state index in [2.05, 4.69) is 10.4 Å². The van der Waals surface area contributed by atoms with Gasteiger partial charge in [0.15, 0.2) is 0 Å². The van der Waals surface area contributed by atoms with Crippen molar-refractivity contribution in [3.8, 4) is 11.1 Å². The molecular formula is C22H19ClFN3O2. The summed E-state index contributed by atoms with van der Waals surface area (Å²) < 4.78 is 20.5. The van der Waals surface area contributed by atoms with Gasteiger partial charge in [-0.1, -0.05) is 35.9 Å². The first-order valence-electron chi connectivity index (χ1n) is 9.23. The van der Waals surface area contributed by atoms with E-state index in [1.54, 1.807) is 29.9 Å². The predicted octanol–water partition coefficient (Wildman–Crippen LogP) is 5.19. The molecular weight excluding hydrogens is 393 g/mol. The third kappa shape index (κ3) is 3.51. The number of ether oxygens (including phenoxy) is 1. The molecule has 0 amide bonds. The monoisotopic (exact) mass is 411 g/mol. The normalized spacial score (nSPS) is 15.7. The molecule has 2 heterocycles. The maximum Gasteiger partial charge on any atom is 0.338 e. The highest BCUT2D eigenvalue weighted by atomic mass is 35.5. The van der Waals surface area contributed by atoms with Gasteiger partial charge in [-0.2, -0.15) is 5.10 Å². The van der Waals surface area contributed by atoms with Gasteiger partial charge >= 0.3 is 5.97 Å². The second kappa shape index (κ2) is 7.72. The first-order valence-corrected chi connectivity index (χ1v) is 9.61. The molecule has 1 aliphatic rings. The van der Waals surface area contributed by atoms with E-state index in [-0.39, 0.29) is 12.4 Å². The molecule has 3 aromatic rings. The number of hydrogen-bond donors (Lipinski definition) is 1. The van der Waals surface area contributed by atoms with Crippen LogP contribution in [-0.2, 0) is 9.53 Å². The number of rotatable bonds is 4. The largest absolute Gasteiger partial charge is 0.463 e. The lowest BCUT2D eigenvalue weighted by molar-refractivity contribution is -0.139. The van der Waals surface area contributed by atoms with Crippen molar-refractivity contribution >= 4 is 23.4 Å². The van der Waals surface area contributed by atoms with E-state index in [1.807, 2.05) is 31.2 Å². The van der Waals surface area contributed by atoms with Crippen LogP contribution in [0.15, 0.2) is 66.0 Å². The Morgan fingerprint density at radius 3 is 2.55 bits per heavy atom. The number of allylic oxidation sites excluding steroid dienone is 1. The number of hydrogen-bond acceptors (Lipinski definition) is 4. The SMILES string of the molecule is CCOC(=O)C1=C(C)Nc2c(-c3ccc(Cl)cc3)cnn2[C@H]1c1ccc(F)cc1. The number of anilines is 1. The molecule has 1 N–H and O–H groups in total. The molecule has 1 aromatic heterocycles. The smallest absolute Gasteiger partial charge is 0.338 e. The highest BCUT2D eigenvalue weighted by molar-refractivity contribution is 6.30. The first-order chi connectivity index (χ1) is 14.0. The van der Waals surface area contributed by atoms with Crippen LogP contribution in [0.5, 0.6) is 0 Å². The van der Waals surface area contributed by atoms with Gasteiger partial charge in [0.2, 0.25) is 0 Å². The lowest BCUT2D eigenvalue weighted by Gasteiger charge is -2.29. The van der Waals surface area contributed by atoms with Crippen LogP contribution in [0, 0.1) is 5.82 Å². The lowest BCUT2D eigenvalue weighted by atomic mass is 9.95. The number of halogens is 2. The Morgan fingerprint density at radius 1 is 1.21 bits per heavy atom. The number of carbonyl (C=O) groups excluding carboxylic acids is 1. The number of nitrogens with zero attached hydrogens (tertiary/aromatic N) is 2. The van der Waals surface area contributed by atoms with Crippen LogP contribution < -0.4 is 5.32 Å². The molecule has 7 heteroatoms. The molecule has 1 aliphatic heterocycles. The van der Waals surface area contributed by atoms with Crippen molar-refractivity contribution in [1.82, 2.24) is 9.78 Å². The molecule has 4 rings (SSSR count). The van der Waals surface area contributed by atoms with Crippen molar-refractivity contribution < 1.29 is 13.9 Å². The molecule has 1 atom stereocenters. The van der Waals surface area contributed by atoms with Gasteiger partial charge in [-0.25, -0.2) is 13.9 Å². The van der Waals surface area contributed by atoms with E-state index in [0.29, 0.717) is 16.3 Å². The minimum Gasteiger partial charge on any atom is -0.463 e. The van der Waals surface area contributed by atoms with E-state index in [0.717, 1.165) is 22.5 Å². The number of aromatic nitrogens is 2. The van der Waals surface area contributed by atoms with Gasteiger partial charge in [0, 0.05) is 16.3 Å². The van der Waals surface area contributed by atoms with E-state index < -0.39 is 12.0 Å². The summed E-state index contributed by atoms with van der Waals surface area (Å²) in [6.45, 7) is 3.84. The van der Waals surface area contributed by atoms with Gasteiger partial charge < -0.3 is 10.1 Å². The fourth-order valence-electron chi connectivity index (χ4n) is 3.52. The van der Waals surface area contributed by atoms with Crippen LogP contribution in [-0.4, -0.2) is 22.4 Å². The number of carbonyl (C=O) groups is 1. The summed E-state index contributed by atoms with van der Waals surface area (Å²) in [5.41, 5.74) is 3.66. The zero-order chi connectivity index (χ0) is 20.5. The van der Waals surface area contributed by atoms with Gasteiger partial charge in [-0.15, -0.1) is 0 Å². The van der Waals surface area contributed by atoms with E-state index in [9.17, 15) is 9.18 Å². The Labute approximate surface area is 172 Å². The Morgan fingerprint density at radius 2 is 1.90 bits per heavy atom. The number of nitrogens with one attached hydrogen (secondary N) is 1. The van der Waals surface area contributed by atoms with Gasteiger partial charge in [0.1, 0.15) is 17.7 Å². The molecule has 0 unspecified atom stereocenters. The van der Waals surface area contributed by atoms with Crippen LogP contribution in [0.4, 0.5) is 10.2 Å². The Balaban J connectivity index is 1.87.